The maximum Gasteiger partial charge on any atom is 4.00 e. The first-order valence-electron chi connectivity index (χ1n) is 17.4. The number of hydrogen-bond donors (Lipinski definition) is 1. The van der Waals surface area contributed by atoms with Crippen molar-refractivity contribution in [3.8, 4) is 11.1 Å². The normalized spacial score (nSPS) is 12.3. The molecule has 54 heavy (non-hydrogen) atoms. The van der Waals surface area contributed by atoms with Crippen molar-refractivity contribution in [3.63, 3.8) is 0 Å². The summed E-state index contributed by atoms with van der Waals surface area (Å²) in [5.41, 5.74) is 13.6. The molecule has 1 aliphatic heterocycles. The number of aryl methyl sites for hydroxylation is 4. The fourth-order valence-corrected chi connectivity index (χ4v) is 7.15. The minimum atomic E-state index is -4.31. The molecule has 0 bridgehead atoms. The van der Waals surface area contributed by atoms with Crippen LogP contribution < -0.4 is 25.0 Å². The molecular formula is C45H40F3N5Pt. The molecule has 0 saturated carbocycles. The maximum absolute atomic E-state index is 12.6. The second-order valence-corrected chi connectivity index (χ2v) is 13.6. The topological polar surface area (TPSA) is 35.9 Å². The Hall–Kier alpha value is -5.20. The van der Waals surface area contributed by atoms with E-state index in [1.54, 1.807) is 18.2 Å². The molecule has 1 aliphatic rings. The van der Waals surface area contributed by atoms with Gasteiger partial charge in [-0.1, -0.05) is 84.4 Å². The molecule has 5 nitrogen and oxygen atoms in total. The molecule has 0 spiro atoms. The van der Waals surface area contributed by atoms with Gasteiger partial charge in [0.2, 0.25) is 0 Å². The van der Waals surface area contributed by atoms with Crippen LogP contribution in [0.5, 0.6) is 0 Å². The van der Waals surface area contributed by atoms with Gasteiger partial charge in [0, 0.05) is 17.1 Å². The first-order valence-corrected chi connectivity index (χ1v) is 17.4. The van der Waals surface area contributed by atoms with Crippen LogP contribution in [0.4, 0.5) is 41.6 Å². The quantitative estimate of drug-likeness (QED) is 0.168. The van der Waals surface area contributed by atoms with Gasteiger partial charge >= 0.3 is 27.2 Å². The summed E-state index contributed by atoms with van der Waals surface area (Å²) >= 11 is 0. The Morgan fingerprint density at radius 3 is 2.11 bits per heavy atom. The van der Waals surface area contributed by atoms with E-state index in [1.165, 1.54) is 45.1 Å². The molecule has 8 rings (SSSR count). The fourth-order valence-electron chi connectivity index (χ4n) is 7.15. The van der Waals surface area contributed by atoms with Crippen molar-refractivity contribution < 1.29 is 34.2 Å². The Morgan fingerprint density at radius 2 is 1.39 bits per heavy atom. The Labute approximate surface area is 329 Å². The Kier molecular flexibility index (Phi) is 11.2. The average molecular weight is 903 g/mol. The van der Waals surface area contributed by atoms with E-state index in [0.29, 0.717) is 10.9 Å². The van der Waals surface area contributed by atoms with Gasteiger partial charge in [-0.3, -0.25) is 0 Å². The van der Waals surface area contributed by atoms with Crippen molar-refractivity contribution in [3.05, 3.63) is 162 Å². The third-order valence-corrected chi connectivity index (χ3v) is 9.56. The van der Waals surface area contributed by atoms with Crippen LogP contribution in [0, 0.1) is 47.1 Å². The summed E-state index contributed by atoms with van der Waals surface area (Å²) in [5.74, 6) is 0. The SMILES string of the molecule is Cc1cc(C)c(-c2cc(N[CH-]N(C)c3ccccc3C)[c-]c(N3[CH-]N(C)c4ccccc43)c2)c(C)c1.FC(F)(F)c1ccc2[n-]c3ccccc3c2c1.[Pt+4]. The van der Waals surface area contributed by atoms with E-state index in [9.17, 15) is 13.2 Å². The molecule has 2 heterocycles. The number of alkyl halides is 3. The van der Waals surface area contributed by atoms with Crippen LogP contribution >= 0.6 is 0 Å². The summed E-state index contributed by atoms with van der Waals surface area (Å²) in [6.07, 6.45) is -4.31. The second kappa shape index (κ2) is 15.6. The first kappa shape index (κ1) is 38.5. The summed E-state index contributed by atoms with van der Waals surface area (Å²) in [6.45, 7) is 12.8. The van der Waals surface area contributed by atoms with Gasteiger partial charge in [0.1, 0.15) is 0 Å². The Balaban J connectivity index is 0.000000231. The number of nitrogens with one attached hydrogen (secondary N) is 1. The molecule has 0 radical (unpaired) electrons. The molecule has 0 amide bonds. The van der Waals surface area contributed by atoms with Gasteiger partial charge in [0.25, 0.3) is 0 Å². The molecule has 0 aliphatic carbocycles. The minimum Gasteiger partial charge on any atom is -0.657 e. The molecule has 0 saturated heterocycles. The van der Waals surface area contributed by atoms with E-state index in [2.05, 4.69) is 152 Å². The van der Waals surface area contributed by atoms with Gasteiger partial charge in [-0.2, -0.15) is 26.5 Å². The van der Waals surface area contributed by atoms with Gasteiger partial charge in [0.15, 0.2) is 0 Å². The van der Waals surface area contributed by atoms with Gasteiger partial charge in [0.05, 0.1) is 5.56 Å². The maximum atomic E-state index is 12.6. The zero-order chi connectivity index (χ0) is 37.4. The van der Waals surface area contributed by atoms with Crippen LogP contribution in [0.2, 0.25) is 0 Å². The molecule has 9 heteroatoms. The van der Waals surface area contributed by atoms with E-state index in [-0.39, 0.29) is 21.1 Å². The Bertz CT molecular complexity index is 2410. The predicted molar refractivity (Wildman–Crippen MR) is 213 cm³/mol. The van der Waals surface area contributed by atoms with Crippen LogP contribution in [0.1, 0.15) is 27.8 Å². The molecule has 1 N–H and O–H groups in total. The summed E-state index contributed by atoms with van der Waals surface area (Å²) in [5, 5.41) is 4.83. The van der Waals surface area contributed by atoms with E-state index >= 15 is 0 Å². The van der Waals surface area contributed by atoms with Gasteiger partial charge in [-0.15, -0.1) is 46.2 Å². The summed E-state index contributed by atoms with van der Waals surface area (Å²) in [6, 6.07) is 40.3. The summed E-state index contributed by atoms with van der Waals surface area (Å²) in [4.78, 5) is 10.8. The van der Waals surface area contributed by atoms with Crippen LogP contribution in [0.15, 0.2) is 115 Å². The standard InChI is InChI=1S/C32H33N4.C13H7F3N.Pt/c1-22-15-24(3)32(25(4)16-22)26-17-27(33-20-34(5)29-12-8-7-11-23(29)2)19-28(18-26)36-21-35(6)30-13-9-10-14-31(30)36;14-13(15,16)8-5-6-12-10(7-8)9-3-1-2-4-11(9)17-12;/h7-18,20-21,33H,1-6H3;1-7H;/q-3;-1;+4. The number of rotatable bonds is 6. The van der Waals surface area contributed by atoms with E-state index < -0.39 is 11.7 Å². The van der Waals surface area contributed by atoms with Crippen LogP contribution in [0.25, 0.3) is 32.9 Å². The van der Waals surface area contributed by atoms with Crippen molar-refractivity contribution in [1.82, 2.24) is 4.98 Å². The smallest absolute Gasteiger partial charge is 0.657 e. The van der Waals surface area contributed by atoms with Gasteiger partial charge in [-0.05, 0) is 99.1 Å². The molecular weight excluding hydrogens is 863 g/mol. The Morgan fingerprint density at radius 1 is 0.741 bits per heavy atom. The van der Waals surface area contributed by atoms with Crippen LogP contribution in [0.3, 0.4) is 0 Å². The molecule has 0 atom stereocenters. The van der Waals surface area contributed by atoms with Crippen molar-refractivity contribution in [2.75, 3.05) is 34.1 Å². The first-order chi connectivity index (χ1) is 25.4. The zero-order valence-electron chi connectivity index (χ0n) is 30.9. The molecule has 1 aromatic heterocycles. The molecule has 6 aromatic carbocycles. The van der Waals surface area contributed by atoms with E-state index in [0.717, 1.165) is 45.8 Å². The van der Waals surface area contributed by atoms with Crippen molar-refractivity contribution in [2.45, 2.75) is 33.9 Å². The van der Waals surface area contributed by atoms with Gasteiger partial charge in [-0.25, -0.2) is 0 Å². The van der Waals surface area contributed by atoms with Crippen molar-refractivity contribution >= 4 is 50.2 Å². The molecule has 276 valence electrons. The number of anilines is 5. The van der Waals surface area contributed by atoms with Crippen LogP contribution in [-0.4, -0.2) is 14.1 Å². The van der Waals surface area contributed by atoms with Crippen molar-refractivity contribution in [1.29, 1.82) is 0 Å². The summed E-state index contributed by atoms with van der Waals surface area (Å²) < 4.78 is 37.8. The van der Waals surface area contributed by atoms with Crippen molar-refractivity contribution in [2.24, 2.45) is 0 Å². The number of halogens is 3. The number of nitrogens with zero attached hydrogens (tertiary/aromatic N) is 4. The number of para-hydroxylation sites is 4. The molecule has 7 aromatic rings. The van der Waals surface area contributed by atoms with E-state index in [1.807, 2.05) is 12.7 Å². The minimum absolute atomic E-state index is 0. The average Bonchev–Trinajstić information content (AvgIpc) is 3.67. The predicted octanol–water partition coefficient (Wildman–Crippen LogP) is 11.7. The zero-order valence-corrected chi connectivity index (χ0v) is 33.1. The monoisotopic (exact) mass is 902 g/mol. The summed E-state index contributed by atoms with van der Waals surface area (Å²) in [7, 11) is 4.15. The van der Waals surface area contributed by atoms with E-state index in [4.69, 9.17) is 0 Å². The fraction of sp³-hybridized carbons (Fsp3) is 0.156. The molecule has 0 unspecified atom stereocenters. The number of hydrogen-bond acceptors (Lipinski definition) is 4. The largest absolute Gasteiger partial charge is 4.00 e. The molecule has 0 fully saturated rings. The number of benzene rings is 6. The third-order valence-electron chi connectivity index (χ3n) is 9.56. The third kappa shape index (κ3) is 7.85. The number of aromatic nitrogens is 1. The van der Waals surface area contributed by atoms with Crippen LogP contribution in [-0.2, 0) is 27.2 Å². The second-order valence-electron chi connectivity index (χ2n) is 13.6. The van der Waals surface area contributed by atoms with Gasteiger partial charge < -0.3 is 25.0 Å². The number of fused-ring (bicyclic) bond motifs is 4.